The van der Waals surface area contributed by atoms with E-state index in [1.54, 1.807) is 6.07 Å². The van der Waals surface area contributed by atoms with Crippen LogP contribution in [0.5, 0.6) is 0 Å². The molecule has 0 fully saturated rings. The van der Waals surface area contributed by atoms with Gasteiger partial charge in [0.1, 0.15) is 12.2 Å². The molecule has 0 atom stereocenters. The van der Waals surface area contributed by atoms with Crippen LogP contribution >= 0.6 is 0 Å². The van der Waals surface area contributed by atoms with E-state index >= 15 is 0 Å². The molecule has 1 aromatic heterocycles. The molecule has 1 aromatic rings. The van der Waals surface area contributed by atoms with Crippen molar-refractivity contribution in [2.75, 3.05) is 12.8 Å². The maximum Gasteiger partial charge on any atom is 0.323 e. The highest BCUT2D eigenvalue weighted by Crippen LogP contribution is 2.13. The first-order valence-corrected chi connectivity index (χ1v) is 7.78. The van der Waals surface area contributed by atoms with Crippen LogP contribution in [0.15, 0.2) is 18.3 Å². The van der Waals surface area contributed by atoms with Crippen molar-refractivity contribution in [3.63, 3.8) is 0 Å². The number of hydrogen-bond acceptors (Lipinski definition) is 4. The Labute approximate surface area is 117 Å². The molecule has 7 nitrogen and oxygen atoms in total. The summed E-state index contributed by atoms with van der Waals surface area (Å²) in [5, 5.41) is 11.2. The van der Waals surface area contributed by atoms with Crippen molar-refractivity contribution in [2.24, 2.45) is 0 Å². The normalized spacial score (nSPS) is 12.2. The summed E-state index contributed by atoms with van der Waals surface area (Å²) >= 11 is 0. The van der Waals surface area contributed by atoms with Crippen molar-refractivity contribution in [3.8, 4) is 0 Å². The minimum Gasteiger partial charge on any atom is -0.480 e. The van der Waals surface area contributed by atoms with Crippen molar-refractivity contribution in [2.45, 2.75) is 25.1 Å². The van der Waals surface area contributed by atoms with E-state index in [1.165, 1.54) is 30.7 Å². The van der Waals surface area contributed by atoms with Gasteiger partial charge < -0.3 is 15.0 Å². The predicted octanol–water partition coefficient (Wildman–Crippen LogP) is 0.126. The van der Waals surface area contributed by atoms with E-state index in [0.717, 1.165) is 6.26 Å². The van der Waals surface area contributed by atoms with E-state index in [-0.39, 0.29) is 18.8 Å². The van der Waals surface area contributed by atoms with Crippen LogP contribution in [0.1, 0.15) is 24.3 Å². The van der Waals surface area contributed by atoms with Crippen LogP contribution in [0.2, 0.25) is 0 Å². The second-order valence-corrected chi connectivity index (χ2v) is 7.78. The number of carbonyl (C=O) groups excluding carboxylic acids is 1. The van der Waals surface area contributed by atoms with Gasteiger partial charge in [-0.25, -0.2) is 8.42 Å². The molecule has 0 radical (unpaired) electrons. The van der Waals surface area contributed by atoms with Crippen molar-refractivity contribution in [3.05, 3.63) is 24.0 Å². The molecule has 0 unspecified atom stereocenters. The lowest BCUT2D eigenvalue weighted by molar-refractivity contribution is -0.137. The molecule has 0 aliphatic heterocycles. The second-order valence-electron chi connectivity index (χ2n) is 5.13. The maximum atomic E-state index is 12.0. The van der Waals surface area contributed by atoms with E-state index in [4.69, 9.17) is 5.11 Å². The molecule has 112 valence electrons. The average Bonchev–Trinajstić information content (AvgIpc) is 2.71. The van der Waals surface area contributed by atoms with Gasteiger partial charge >= 0.3 is 5.97 Å². The summed E-state index contributed by atoms with van der Waals surface area (Å²) in [5.41, 5.74) is 0.178. The zero-order chi connectivity index (χ0) is 15.6. The Morgan fingerprint density at radius 2 is 2.00 bits per heavy atom. The first-order chi connectivity index (χ1) is 9.04. The number of nitrogens with one attached hydrogen (secondary N) is 1. The smallest absolute Gasteiger partial charge is 0.323 e. The molecule has 0 saturated carbocycles. The quantitative estimate of drug-likeness (QED) is 0.777. The summed E-state index contributed by atoms with van der Waals surface area (Å²) in [5.74, 6) is -1.57. The van der Waals surface area contributed by atoms with Crippen LogP contribution in [0.4, 0.5) is 0 Å². The molecular weight excluding hydrogens is 284 g/mol. The number of amides is 1. The van der Waals surface area contributed by atoms with E-state index in [1.807, 2.05) is 0 Å². The SMILES string of the molecule is CC(C)(CNC(=O)c1cccn1CC(=O)O)S(C)(=O)=O. The van der Waals surface area contributed by atoms with Crippen molar-refractivity contribution < 1.29 is 23.1 Å². The largest absolute Gasteiger partial charge is 0.480 e. The molecule has 8 heteroatoms. The van der Waals surface area contributed by atoms with Crippen molar-refractivity contribution in [1.29, 1.82) is 0 Å². The number of aliphatic carboxylic acids is 1. The van der Waals surface area contributed by atoms with Crippen LogP contribution < -0.4 is 5.32 Å². The van der Waals surface area contributed by atoms with E-state index in [2.05, 4.69) is 5.32 Å². The lowest BCUT2D eigenvalue weighted by Crippen LogP contribution is -2.44. The fourth-order valence-electron chi connectivity index (χ4n) is 1.42. The molecule has 0 aromatic carbocycles. The van der Waals surface area contributed by atoms with Gasteiger partial charge in [-0.1, -0.05) is 0 Å². The summed E-state index contributed by atoms with van der Waals surface area (Å²) in [6.07, 6.45) is 2.58. The van der Waals surface area contributed by atoms with Crippen molar-refractivity contribution in [1.82, 2.24) is 9.88 Å². The van der Waals surface area contributed by atoms with E-state index < -0.39 is 26.5 Å². The molecule has 2 N–H and O–H groups in total. The number of sulfone groups is 1. The van der Waals surface area contributed by atoms with E-state index in [0.29, 0.717) is 0 Å². The predicted molar refractivity (Wildman–Crippen MR) is 73.3 cm³/mol. The zero-order valence-electron chi connectivity index (χ0n) is 11.6. The van der Waals surface area contributed by atoms with Gasteiger partial charge in [0.15, 0.2) is 9.84 Å². The number of nitrogens with zero attached hydrogens (tertiary/aromatic N) is 1. The van der Waals surface area contributed by atoms with Gasteiger partial charge in [-0.3, -0.25) is 9.59 Å². The summed E-state index contributed by atoms with van der Waals surface area (Å²) in [7, 11) is -3.31. The van der Waals surface area contributed by atoms with Crippen LogP contribution in [0.25, 0.3) is 0 Å². The Morgan fingerprint density at radius 3 is 2.50 bits per heavy atom. The number of carboxylic acid groups (broad SMARTS) is 1. The zero-order valence-corrected chi connectivity index (χ0v) is 12.4. The summed E-state index contributed by atoms with van der Waals surface area (Å²) in [6, 6.07) is 3.03. The standard InChI is InChI=1S/C12H18N2O5S/c1-12(2,20(3,18)19)8-13-11(17)9-5-4-6-14(9)7-10(15)16/h4-6H,7-8H2,1-3H3,(H,13,17)(H,15,16). The number of hydrogen-bond donors (Lipinski definition) is 2. The molecule has 20 heavy (non-hydrogen) atoms. The third-order valence-electron chi connectivity index (χ3n) is 3.05. The molecule has 0 bridgehead atoms. The van der Waals surface area contributed by atoms with Crippen LogP contribution in [-0.4, -0.2) is 47.5 Å². The number of aromatic nitrogens is 1. The highest BCUT2D eigenvalue weighted by atomic mass is 32.2. The minimum absolute atomic E-state index is 0.0527. The number of carboxylic acids is 1. The summed E-state index contributed by atoms with van der Waals surface area (Å²) in [6.45, 7) is 2.64. The molecular formula is C12H18N2O5S. The minimum atomic E-state index is -3.31. The third-order valence-corrected chi connectivity index (χ3v) is 5.20. The summed E-state index contributed by atoms with van der Waals surface area (Å²) < 4.78 is 23.3. The second kappa shape index (κ2) is 5.66. The Balaban J connectivity index is 2.79. The van der Waals surface area contributed by atoms with Gasteiger partial charge in [-0.05, 0) is 26.0 Å². The van der Waals surface area contributed by atoms with Gasteiger partial charge in [-0.15, -0.1) is 0 Å². The topological polar surface area (TPSA) is 105 Å². The monoisotopic (exact) mass is 302 g/mol. The molecule has 1 heterocycles. The summed E-state index contributed by atoms with van der Waals surface area (Å²) in [4.78, 5) is 22.6. The fourth-order valence-corrected chi connectivity index (χ4v) is 1.75. The van der Waals surface area contributed by atoms with Gasteiger partial charge in [0.2, 0.25) is 0 Å². The van der Waals surface area contributed by atoms with Gasteiger partial charge in [0, 0.05) is 19.0 Å². The first kappa shape index (κ1) is 16.2. The molecule has 1 amide bonds. The average molecular weight is 302 g/mol. The van der Waals surface area contributed by atoms with Crippen molar-refractivity contribution >= 4 is 21.7 Å². The van der Waals surface area contributed by atoms with E-state index in [9.17, 15) is 18.0 Å². The van der Waals surface area contributed by atoms with Gasteiger partial charge in [-0.2, -0.15) is 0 Å². The molecule has 0 aliphatic carbocycles. The Bertz CT molecular complexity index is 616. The van der Waals surface area contributed by atoms with Crippen LogP contribution in [0.3, 0.4) is 0 Å². The molecule has 1 rings (SSSR count). The Hall–Kier alpha value is -1.83. The lowest BCUT2D eigenvalue weighted by atomic mass is 10.2. The van der Waals surface area contributed by atoms with Gasteiger partial charge in [0.25, 0.3) is 5.91 Å². The number of rotatable bonds is 6. The Morgan fingerprint density at radius 1 is 1.40 bits per heavy atom. The van der Waals surface area contributed by atoms with Crippen LogP contribution in [0, 0.1) is 0 Å². The number of carbonyl (C=O) groups is 2. The highest BCUT2D eigenvalue weighted by molar-refractivity contribution is 7.92. The first-order valence-electron chi connectivity index (χ1n) is 5.89. The van der Waals surface area contributed by atoms with Crippen LogP contribution in [-0.2, 0) is 21.2 Å². The molecule has 0 spiro atoms. The molecule has 0 aliphatic rings. The van der Waals surface area contributed by atoms with Gasteiger partial charge in [0.05, 0.1) is 4.75 Å². The lowest BCUT2D eigenvalue weighted by Gasteiger charge is -2.22. The third kappa shape index (κ3) is 3.83. The highest BCUT2D eigenvalue weighted by Gasteiger charge is 2.30. The molecule has 0 saturated heterocycles. The maximum absolute atomic E-state index is 12.0. The fraction of sp³-hybridized carbons (Fsp3) is 0.500. The Kier molecular flexibility index (Phi) is 4.59.